The van der Waals surface area contributed by atoms with Crippen LogP contribution in [-0.4, -0.2) is 77.8 Å². The Morgan fingerprint density at radius 3 is 2.59 bits per heavy atom. The normalized spacial score (nSPS) is 19.4. The van der Waals surface area contributed by atoms with Crippen LogP contribution in [-0.2, 0) is 16.0 Å². The number of piperazine rings is 1. The Labute approximate surface area is 169 Å². The molecular formula is C20H25N5O4. The average molecular weight is 399 g/mol. The maximum atomic E-state index is 12.8. The van der Waals surface area contributed by atoms with Crippen LogP contribution in [0, 0.1) is 0 Å². The van der Waals surface area contributed by atoms with Gasteiger partial charge in [0.1, 0.15) is 0 Å². The van der Waals surface area contributed by atoms with Gasteiger partial charge in [-0.25, -0.2) is 9.48 Å². The summed E-state index contributed by atoms with van der Waals surface area (Å²) in [4.78, 5) is 28.3. The Kier molecular flexibility index (Phi) is 5.75. The van der Waals surface area contributed by atoms with Crippen LogP contribution in [0.5, 0.6) is 0 Å². The highest BCUT2D eigenvalue weighted by atomic mass is 16.5. The molecule has 2 aliphatic rings. The smallest absolute Gasteiger partial charge is 0.337 e. The van der Waals surface area contributed by atoms with Gasteiger partial charge >= 0.3 is 5.97 Å². The van der Waals surface area contributed by atoms with Gasteiger partial charge in [-0.1, -0.05) is 5.21 Å². The molecule has 1 unspecified atom stereocenters. The van der Waals surface area contributed by atoms with Crippen LogP contribution in [0.2, 0.25) is 0 Å². The van der Waals surface area contributed by atoms with Crippen LogP contribution < -0.4 is 4.90 Å². The van der Waals surface area contributed by atoms with Crippen molar-refractivity contribution in [3.05, 3.63) is 41.7 Å². The van der Waals surface area contributed by atoms with Crippen LogP contribution in [0.1, 0.15) is 33.7 Å². The standard InChI is InChI=1S/C20H25N5O4/c1-28-20(27)15-4-6-16(7-5-15)23-8-10-24(11-9-23)19(26)18-14-25(22-21-18)13-17-3-2-12-29-17/h4-7,14,17H,2-3,8-13H2,1H3. The van der Waals surface area contributed by atoms with Gasteiger partial charge in [-0.3, -0.25) is 4.79 Å². The summed E-state index contributed by atoms with van der Waals surface area (Å²) in [5.41, 5.74) is 1.92. The summed E-state index contributed by atoms with van der Waals surface area (Å²) in [7, 11) is 1.37. The van der Waals surface area contributed by atoms with Gasteiger partial charge in [0, 0.05) is 38.5 Å². The van der Waals surface area contributed by atoms with E-state index in [0.29, 0.717) is 44.0 Å². The van der Waals surface area contributed by atoms with Gasteiger partial charge in [-0.15, -0.1) is 5.10 Å². The molecule has 9 nitrogen and oxygen atoms in total. The minimum atomic E-state index is -0.348. The maximum absolute atomic E-state index is 12.8. The van der Waals surface area contributed by atoms with Crippen molar-refractivity contribution >= 4 is 17.6 Å². The van der Waals surface area contributed by atoms with Gasteiger partial charge in [0.25, 0.3) is 5.91 Å². The molecule has 29 heavy (non-hydrogen) atoms. The molecule has 4 rings (SSSR count). The highest BCUT2D eigenvalue weighted by Crippen LogP contribution is 2.19. The van der Waals surface area contributed by atoms with E-state index in [4.69, 9.17) is 9.47 Å². The minimum Gasteiger partial charge on any atom is -0.465 e. The fourth-order valence-corrected chi connectivity index (χ4v) is 3.74. The Morgan fingerprint density at radius 1 is 1.17 bits per heavy atom. The minimum absolute atomic E-state index is 0.0933. The van der Waals surface area contributed by atoms with Crippen molar-refractivity contribution in [1.29, 1.82) is 0 Å². The lowest BCUT2D eigenvalue weighted by molar-refractivity contribution is 0.0600. The molecule has 1 atom stereocenters. The number of amides is 1. The summed E-state index contributed by atoms with van der Waals surface area (Å²) in [6.45, 7) is 4.07. The Balaban J connectivity index is 1.31. The number of hydrogen-bond acceptors (Lipinski definition) is 7. The summed E-state index contributed by atoms with van der Waals surface area (Å²) in [5.74, 6) is -0.441. The highest BCUT2D eigenvalue weighted by molar-refractivity contribution is 5.92. The molecule has 0 aliphatic carbocycles. The van der Waals surface area contributed by atoms with Crippen molar-refractivity contribution in [2.75, 3.05) is 44.8 Å². The molecule has 1 aromatic heterocycles. The zero-order valence-electron chi connectivity index (χ0n) is 16.5. The van der Waals surface area contributed by atoms with E-state index in [1.165, 1.54) is 7.11 Å². The van der Waals surface area contributed by atoms with E-state index in [1.807, 2.05) is 12.1 Å². The highest BCUT2D eigenvalue weighted by Gasteiger charge is 2.25. The Morgan fingerprint density at radius 2 is 1.93 bits per heavy atom. The van der Waals surface area contributed by atoms with Crippen molar-refractivity contribution in [2.24, 2.45) is 0 Å². The fourth-order valence-electron chi connectivity index (χ4n) is 3.74. The maximum Gasteiger partial charge on any atom is 0.337 e. The molecule has 2 aliphatic heterocycles. The molecule has 2 fully saturated rings. The van der Waals surface area contributed by atoms with Crippen molar-refractivity contribution in [3.63, 3.8) is 0 Å². The first kappa shape index (κ1) is 19.4. The monoisotopic (exact) mass is 399 g/mol. The van der Waals surface area contributed by atoms with Crippen LogP contribution in [0.25, 0.3) is 0 Å². The Hall–Kier alpha value is -2.94. The lowest BCUT2D eigenvalue weighted by Gasteiger charge is -2.35. The number of rotatable bonds is 5. The van der Waals surface area contributed by atoms with E-state index < -0.39 is 0 Å². The van der Waals surface area contributed by atoms with Crippen molar-refractivity contribution in [2.45, 2.75) is 25.5 Å². The number of carbonyl (C=O) groups excluding carboxylic acids is 2. The lowest BCUT2D eigenvalue weighted by atomic mass is 10.2. The van der Waals surface area contributed by atoms with Crippen molar-refractivity contribution < 1.29 is 19.1 Å². The van der Waals surface area contributed by atoms with E-state index in [9.17, 15) is 9.59 Å². The first-order chi connectivity index (χ1) is 14.1. The van der Waals surface area contributed by atoms with Gasteiger partial charge in [-0.2, -0.15) is 0 Å². The number of nitrogens with zero attached hydrogens (tertiary/aromatic N) is 5. The lowest BCUT2D eigenvalue weighted by Crippen LogP contribution is -2.48. The molecule has 0 N–H and O–H groups in total. The summed E-state index contributed by atoms with van der Waals surface area (Å²) < 4.78 is 12.0. The zero-order chi connectivity index (χ0) is 20.2. The van der Waals surface area contributed by atoms with Gasteiger partial charge in [0.15, 0.2) is 5.69 Å². The first-order valence-corrected chi connectivity index (χ1v) is 9.88. The molecule has 9 heteroatoms. The van der Waals surface area contributed by atoms with E-state index >= 15 is 0 Å². The molecule has 1 aromatic carbocycles. The predicted molar refractivity (Wildman–Crippen MR) is 105 cm³/mol. The van der Waals surface area contributed by atoms with E-state index in [2.05, 4.69) is 15.2 Å². The molecule has 0 radical (unpaired) electrons. The molecule has 1 amide bonds. The number of ether oxygens (including phenoxy) is 2. The van der Waals surface area contributed by atoms with Crippen LogP contribution in [0.15, 0.2) is 30.5 Å². The third-order valence-electron chi connectivity index (χ3n) is 5.39. The largest absolute Gasteiger partial charge is 0.465 e. The first-order valence-electron chi connectivity index (χ1n) is 9.88. The number of hydrogen-bond donors (Lipinski definition) is 0. The SMILES string of the molecule is COC(=O)c1ccc(N2CCN(C(=O)c3cn(CC4CCCO4)nn3)CC2)cc1. The fraction of sp³-hybridized carbons (Fsp3) is 0.500. The molecule has 3 heterocycles. The molecular weight excluding hydrogens is 374 g/mol. The number of esters is 1. The molecule has 0 spiro atoms. The van der Waals surface area contributed by atoms with Gasteiger partial charge in [-0.05, 0) is 37.1 Å². The van der Waals surface area contributed by atoms with E-state index in [1.54, 1.807) is 27.9 Å². The molecule has 2 aromatic rings. The molecule has 0 saturated carbocycles. The Bertz CT molecular complexity index is 852. The van der Waals surface area contributed by atoms with Crippen LogP contribution >= 0.6 is 0 Å². The second-order valence-corrected chi connectivity index (χ2v) is 7.28. The third kappa shape index (κ3) is 4.40. The number of aromatic nitrogens is 3. The summed E-state index contributed by atoms with van der Waals surface area (Å²) >= 11 is 0. The van der Waals surface area contributed by atoms with Gasteiger partial charge in [0.2, 0.25) is 0 Å². The van der Waals surface area contributed by atoms with Gasteiger partial charge < -0.3 is 19.3 Å². The summed E-state index contributed by atoms with van der Waals surface area (Å²) in [5, 5.41) is 8.13. The third-order valence-corrected chi connectivity index (χ3v) is 5.39. The quantitative estimate of drug-likeness (QED) is 0.698. The van der Waals surface area contributed by atoms with Crippen molar-refractivity contribution in [3.8, 4) is 0 Å². The predicted octanol–water partition coefficient (Wildman–Crippen LogP) is 1.21. The van der Waals surface area contributed by atoms with E-state index in [0.717, 1.165) is 25.1 Å². The second-order valence-electron chi connectivity index (χ2n) is 7.28. The van der Waals surface area contributed by atoms with Crippen LogP contribution in [0.4, 0.5) is 5.69 Å². The number of anilines is 1. The van der Waals surface area contributed by atoms with Crippen molar-refractivity contribution in [1.82, 2.24) is 19.9 Å². The topological polar surface area (TPSA) is 89.8 Å². The average Bonchev–Trinajstić information content (AvgIpc) is 3.45. The zero-order valence-corrected chi connectivity index (χ0v) is 16.5. The molecule has 2 saturated heterocycles. The summed E-state index contributed by atoms with van der Waals surface area (Å²) in [6.07, 6.45) is 3.96. The summed E-state index contributed by atoms with van der Waals surface area (Å²) in [6, 6.07) is 7.32. The second kappa shape index (κ2) is 8.60. The van der Waals surface area contributed by atoms with E-state index in [-0.39, 0.29) is 18.0 Å². The van der Waals surface area contributed by atoms with Gasteiger partial charge in [0.05, 0.1) is 31.5 Å². The number of methoxy groups -OCH3 is 1. The number of carbonyl (C=O) groups is 2. The number of benzene rings is 1. The van der Waals surface area contributed by atoms with Crippen LogP contribution in [0.3, 0.4) is 0 Å². The molecule has 154 valence electrons. The molecule has 0 bridgehead atoms.